The van der Waals surface area contributed by atoms with Crippen LogP contribution in [-0.4, -0.2) is 24.7 Å². The fraction of sp³-hybridized carbons (Fsp3) is 0.529. The molecule has 0 unspecified atom stereocenters. The van der Waals surface area contributed by atoms with Gasteiger partial charge in [0.1, 0.15) is 17.4 Å². The van der Waals surface area contributed by atoms with Gasteiger partial charge in [-0.25, -0.2) is 0 Å². The summed E-state index contributed by atoms with van der Waals surface area (Å²) in [6.07, 6.45) is 1.71. The van der Waals surface area contributed by atoms with E-state index in [-0.39, 0.29) is 5.91 Å². The van der Waals surface area contributed by atoms with Crippen LogP contribution >= 0.6 is 0 Å². The highest BCUT2D eigenvalue weighted by Crippen LogP contribution is 2.23. The van der Waals surface area contributed by atoms with E-state index in [0.29, 0.717) is 30.2 Å². The molecule has 0 bridgehead atoms. The molecule has 0 radical (unpaired) electrons. The molecule has 0 fully saturated rings. The van der Waals surface area contributed by atoms with E-state index in [1.807, 2.05) is 13.8 Å². The summed E-state index contributed by atoms with van der Waals surface area (Å²) in [5, 5.41) is 12.0. The minimum Gasteiger partial charge on any atom is -0.492 e. The fourth-order valence-electron chi connectivity index (χ4n) is 1.74. The van der Waals surface area contributed by atoms with Crippen LogP contribution in [0.15, 0.2) is 18.2 Å². The summed E-state index contributed by atoms with van der Waals surface area (Å²) in [7, 11) is 0. The summed E-state index contributed by atoms with van der Waals surface area (Å²) in [6, 6.07) is 7.11. The van der Waals surface area contributed by atoms with E-state index >= 15 is 0 Å². The number of hydrogen-bond acceptors (Lipinski definition) is 4. The maximum atomic E-state index is 12.2. The number of nitrogens with one attached hydrogen (secondary N) is 1. The predicted octanol–water partition coefficient (Wildman–Crippen LogP) is 3.49. The van der Waals surface area contributed by atoms with Gasteiger partial charge in [0.05, 0.1) is 12.2 Å². The van der Waals surface area contributed by atoms with Crippen molar-refractivity contribution in [1.82, 2.24) is 0 Å². The van der Waals surface area contributed by atoms with Crippen LogP contribution in [0.25, 0.3) is 0 Å². The van der Waals surface area contributed by atoms with E-state index in [9.17, 15) is 10.1 Å². The number of anilines is 1. The van der Waals surface area contributed by atoms with Crippen LogP contribution in [0.5, 0.6) is 5.75 Å². The maximum absolute atomic E-state index is 12.2. The average Bonchev–Trinajstić information content (AvgIpc) is 2.51. The number of nitrogens with zero attached hydrogens (tertiary/aromatic N) is 1. The summed E-state index contributed by atoms with van der Waals surface area (Å²) < 4.78 is 11.0. The van der Waals surface area contributed by atoms with Gasteiger partial charge in [-0.05, 0) is 44.9 Å². The van der Waals surface area contributed by atoms with E-state index < -0.39 is 5.60 Å². The lowest BCUT2D eigenvalue weighted by Gasteiger charge is -2.24. The number of nitriles is 1. The Morgan fingerprint density at radius 1 is 1.27 bits per heavy atom. The van der Waals surface area contributed by atoms with E-state index in [1.165, 1.54) is 0 Å². The lowest BCUT2D eigenvalue weighted by atomic mass is 10.1. The van der Waals surface area contributed by atoms with Crippen LogP contribution < -0.4 is 10.1 Å². The molecule has 5 heteroatoms. The van der Waals surface area contributed by atoms with Crippen molar-refractivity contribution in [3.05, 3.63) is 23.8 Å². The molecule has 1 N–H and O–H groups in total. The van der Waals surface area contributed by atoms with Crippen LogP contribution in [0.1, 0.15) is 46.1 Å². The molecule has 0 aliphatic carbocycles. The van der Waals surface area contributed by atoms with Crippen LogP contribution in [0.4, 0.5) is 5.69 Å². The van der Waals surface area contributed by atoms with Crippen molar-refractivity contribution in [2.24, 2.45) is 0 Å². The molecule has 0 saturated heterocycles. The Morgan fingerprint density at radius 3 is 2.55 bits per heavy atom. The Kier molecular flexibility index (Phi) is 6.87. The van der Waals surface area contributed by atoms with Gasteiger partial charge in [-0.15, -0.1) is 0 Å². The molecule has 1 rings (SSSR count). The summed E-state index contributed by atoms with van der Waals surface area (Å²) in [4.78, 5) is 12.2. The van der Waals surface area contributed by atoms with Crippen molar-refractivity contribution >= 4 is 11.6 Å². The van der Waals surface area contributed by atoms with E-state index in [1.54, 1.807) is 32.0 Å². The molecule has 0 atom stereocenters. The molecule has 0 spiro atoms. The number of rotatable bonds is 8. The zero-order chi connectivity index (χ0) is 16.6. The smallest absolute Gasteiger partial charge is 0.256 e. The van der Waals surface area contributed by atoms with Gasteiger partial charge in [0.15, 0.2) is 0 Å². The largest absolute Gasteiger partial charge is 0.492 e. The van der Waals surface area contributed by atoms with Gasteiger partial charge in [-0.3, -0.25) is 4.79 Å². The van der Waals surface area contributed by atoms with Crippen LogP contribution in [-0.2, 0) is 9.53 Å². The van der Waals surface area contributed by atoms with Crippen molar-refractivity contribution < 1.29 is 14.3 Å². The van der Waals surface area contributed by atoms with Crippen molar-refractivity contribution in [1.29, 1.82) is 5.26 Å². The Bertz CT molecular complexity index is 547. The number of ether oxygens (including phenoxy) is 2. The highest BCUT2D eigenvalue weighted by atomic mass is 16.5. The third-order valence-electron chi connectivity index (χ3n) is 3.03. The normalized spacial score (nSPS) is 10.9. The fourth-order valence-corrected chi connectivity index (χ4v) is 1.74. The van der Waals surface area contributed by atoms with Crippen LogP contribution in [0.2, 0.25) is 0 Å². The molecule has 1 aromatic rings. The first-order valence-corrected chi connectivity index (χ1v) is 7.57. The first-order valence-electron chi connectivity index (χ1n) is 7.57. The van der Waals surface area contributed by atoms with E-state index in [2.05, 4.69) is 11.4 Å². The summed E-state index contributed by atoms with van der Waals surface area (Å²) in [5.41, 5.74) is 0.0392. The highest BCUT2D eigenvalue weighted by molar-refractivity contribution is 5.96. The summed E-state index contributed by atoms with van der Waals surface area (Å²) >= 11 is 0. The van der Waals surface area contributed by atoms with Gasteiger partial charge in [-0.2, -0.15) is 5.26 Å². The van der Waals surface area contributed by atoms with Gasteiger partial charge < -0.3 is 14.8 Å². The number of carbonyl (C=O) groups is 1. The molecular formula is C17H24N2O3. The SMILES string of the molecule is CCCOc1ccc(NC(=O)C(C)(C)OCCC)cc1C#N. The minimum atomic E-state index is -0.916. The Morgan fingerprint density at radius 2 is 1.95 bits per heavy atom. The second-order valence-electron chi connectivity index (χ2n) is 5.48. The van der Waals surface area contributed by atoms with Crippen molar-refractivity contribution in [2.75, 3.05) is 18.5 Å². The quantitative estimate of drug-likeness (QED) is 0.798. The average molecular weight is 304 g/mol. The van der Waals surface area contributed by atoms with Crippen molar-refractivity contribution in [2.45, 2.75) is 46.1 Å². The van der Waals surface area contributed by atoms with Gasteiger partial charge in [0.2, 0.25) is 0 Å². The van der Waals surface area contributed by atoms with Crippen molar-refractivity contribution in [3.8, 4) is 11.8 Å². The zero-order valence-electron chi connectivity index (χ0n) is 13.7. The first kappa shape index (κ1) is 18.0. The van der Waals surface area contributed by atoms with E-state index in [4.69, 9.17) is 9.47 Å². The molecule has 22 heavy (non-hydrogen) atoms. The maximum Gasteiger partial charge on any atom is 0.256 e. The number of amides is 1. The van der Waals surface area contributed by atoms with Crippen LogP contribution in [0.3, 0.4) is 0 Å². The molecule has 0 aromatic heterocycles. The molecule has 5 nitrogen and oxygen atoms in total. The summed E-state index contributed by atoms with van der Waals surface area (Å²) in [5.74, 6) is 0.288. The third kappa shape index (κ3) is 5.05. The molecule has 1 aromatic carbocycles. The number of carbonyl (C=O) groups excluding carboxylic acids is 1. The van der Waals surface area contributed by atoms with Gasteiger partial charge in [0, 0.05) is 12.3 Å². The molecule has 1 amide bonds. The number of benzene rings is 1. The Labute approximate surface area is 132 Å². The zero-order valence-corrected chi connectivity index (χ0v) is 13.7. The molecule has 120 valence electrons. The third-order valence-corrected chi connectivity index (χ3v) is 3.03. The monoisotopic (exact) mass is 304 g/mol. The second-order valence-corrected chi connectivity index (χ2v) is 5.48. The molecule has 0 saturated carbocycles. The van der Waals surface area contributed by atoms with Crippen molar-refractivity contribution in [3.63, 3.8) is 0 Å². The lowest BCUT2D eigenvalue weighted by Crippen LogP contribution is -2.40. The minimum absolute atomic E-state index is 0.243. The topological polar surface area (TPSA) is 71.3 Å². The lowest BCUT2D eigenvalue weighted by molar-refractivity contribution is -0.137. The van der Waals surface area contributed by atoms with Crippen LogP contribution in [0, 0.1) is 11.3 Å². The van der Waals surface area contributed by atoms with Gasteiger partial charge in [-0.1, -0.05) is 13.8 Å². The van der Waals surface area contributed by atoms with Gasteiger partial charge in [0.25, 0.3) is 5.91 Å². The summed E-state index contributed by atoms with van der Waals surface area (Å²) in [6.45, 7) is 8.51. The second kappa shape index (κ2) is 8.40. The molecule has 0 heterocycles. The molecule has 0 aliphatic heterocycles. The van der Waals surface area contributed by atoms with E-state index in [0.717, 1.165) is 12.8 Å². The van der Waals surface area contributed by atoms with Gasteiger partial charge >= 0.3 is 0 Å². The Hall–Kier alpha value is -2.06. The number of hydrogen-bond donors (Lipinski definition) is 1. The standard InChI is InChI=1S/C17H24N2O3/c1-5-9-21-15-8-7-14(11-13(15)12-18)19-16(20)17(3,4)22-10-6-2/h7-8,11H,5-6,9-10H2,1-4H3,(H,19,20). The molecule has 0 aliphatic rings. The first-order chi connectivity index (χ1) is 10.4. The Balaban J connectivity index is 2.82. The predicted molar refractivity (Wildman–Crippen MR) is 85.9 cm³/mol. The molecular weight excluding hydrogens is 280 g/mol. The highest BCUT2D eigenvalue weighted by Gasteiger charge is 2.28.